The summed E-state index contributed by atoms with van der Waals surface area (Å²) >= 11 is 3.39. The molecule has 0 atom stereocenters. The Morgan fingerprint density at radius 1 is 1.46 bits per heavy atom. The summed E-state index contributed by atoms with van der Waals surface area (Å²) in [5, 5.41) is 0. The molecule has 2 aromatic rings. The maximum atomic E-state index is 5.57. The summed E-state index contributed by atoms with van der Waals surface area (Å²) in [6, 6.07) is 1.78. The van der Waals surface area contributed by atoms with Crippen LogP contribution in [0.3, 0.4) is 0 Å². The molecule has 66 valence electrons. The Kier molecular flexibility index (Phi) is 2.02. The van der Waals surface area contributed by atoms with Gasteiger partial charge in [0.2, 0.25) is 0 Å². The van der Waals surface area contributed by atoms with Gasteiger partial charge in [0.25, 0.3) is 0 Å². The van der Waals surface area contributed by atoms with Gasteiger partial charge in [-0.2, -0.15) is 0 Å². The normalized spacial score (nSPS) is 10.2. The highest BCUT2D eigenvalue weighted by Gasteiger charge is 2.02. The first-order chi connectivity index (χ1) is 6.27. The van der Waals surface area contributed by atoms with Crippen LogP contribution in [0.15, 0.2) is 35.5 Å². The number of aromatic nitrogens is 3. The second-order valence-corrected chi connectivity index (χ2v) is 3.38. The van der Waals surface area contributed by atoms with E-state index in [1.165, 1.54) is 0 Å². The predicted molar refractivity (Wildman–Crippen MR) is 53.5 cm³/mol. The Balaban J connectivity index is 2.57. The number of hydrogen-bond acceptors (Lipinski definition) is 3. The van der Waals surface area contributed by atoms with E-state index in [1.807, 2.05) is 10.8 Å². The van der Waals surface area contributed by atoms with E-state index in [1.54, 1.807) is 24.8 Å². The third-order valence-corrected chi connectivity index (χ3v) is 2.25. The van der Waals surface area contributed by atoms with E-state index >= 15 is 0 Å². The van der Waals surface area contributed by atoms with Crippen molar-refractivity contribution in [1.82, 2.24) is 14.5 Å². The average molecular weight is 239 g/mol. The number of hydrogen-bond donors (Lipinski definition) is 1. The number of imidazole rings is 1. The fourth-order valence-corrected chi connectivity index (χ4v) is 1.46. The molecule has 0 aliphatic heterocycles. The minimum atomic E-state index is 0.493. The minimum absolute atomic E-state index is 0.493. The molecule has 0 saturated carbocycles. The number of halogens is 1. The Morgan fingerprint density at radius 2 is 2.31 bits per heavy atom. The van der Waals surface area contributed by atoms with Gasteiger partial charge < -0.3 is 10.3 Å². The largest absolute Gasteiger partial charge is 0.384 e. The van der Waals surface area contributed by atoms with E-state index in [0.717, 1.165) is 10.2 Å². The molecular weight excluding hydrogens is 232 g/mol. The quantitative estimate of drug-likeness (QED) is 0.822. The Morgan fingerprint density at radius 3 is 3.00 bits per heavy atom. The van der Waals surface area contributed by atoms with Gasteiger partial charge in [-0.05, 0) is 15.9 Å². The van der Waals surface area contributed by atoms with Crippen LogP contribution in [0.4, 0.5) is 5.82 Å². The second-order valence-electron chi connectivity index (χ2n) is 2.53. The van der Waals surface area contributed by atoms with E-state index in [-0.39, 0.29) is 0 Å². The lowest BCUT2D eigenvalue weighted by atomic mass is 10.4. The summed E-state index contributed by atoms with van der Waals surface area (Å²) in [7, 11) is 0. The zero-order chi connectivity index (χ0) is 9.26. The molecular formula is C8H7BrN4. The van der Waals surface area contributed by atoms with Crippen LogP contribution < -0.4 is 5.73 Å². The highest BCUT2D eigenvalue weighted by Crippen LogP contribution is 2.20. The van der Waals surface area contributed by atoms with Crippen molar-refractivity contribution in [3.63, 3.8) is 0 Å². The van der Waals surface area contributed by atoms with Crippen molar-refractivity contribution in [3.05, 3.63) is 35.5 Å². The lowest BCUT2D eigenvalue weighted by molar-refractivity contribution is 1.04. The van der Waals surface area contributed by atoms with E-state index in [9.17, 15) is 0 Å². The molecule has 2 N–H and O–H groups in total. The molecule has 0 saturated heterocycles. The average Bonchev–Trinajstić information content (AvgIpc) is 2.61. The summed E-state index contributed by atoms with van der Waals surface area (Å²) < 4.78 is 2.75. The zero-order valence-corrected chi connectivity index (χ0v) is 8.27. The van der Waals surface area contributed by atoms with Gasteiger partial charge in [-0.3, -0.25) is 0 Å². The van der Waals surface area contributed by atoms with Crippen LogP contribution in [-0.2, 0) is 0 Å². The van der Waals surface area contributed by atoms with E-state index in [4.69, 9.17) is 5.73 Å². The lowest BCUT2D eigenvalue weighted by Crippen LogP contribution is -1.96. The van der Waals surface area contributed by atoms with Crippen molar-refractivity contribution in [2.24, 2.45) is 0 Å². The molecule has 0 radical (unpaired) electrons. The predicted octanol–water partition coefficient (Wildman–Crippen LogP) is 1.61. The molecule has 0 fully saturated rings. The maximum Gasteiger partial charge on any atom is 0.125 e. The van der Waals surface area contributed by atoms with Crippen LogP contribution in [-0.4, -0.2) is 14.5 Å². The molecule has 0 aromatic carbocycles. The van der Waals surface area contributed by atoms with Gasteiger partial charge in [0.15, 0.2) is 0 Å². The number of nitrogen functional groups attached to an aromatic ring is 1. The molecule has 5 heteroatoms. The number of rotatable bonds is 1. The van der Waals surface area contributed by atoms with Crippen molar-refractivity contribution >= 4 is 21.7 Å². The molecule has 0 unspecified atom stereocenters. The summed E-state index contributed by atoms with van der Waals surface area (Å²) in [5.41, 5.74) is 6.50. The van der Waals surface area contributed by atoms with Crippen LogP contribution >= 0.6 is 15.9 Å². The van der Waals surface area contributed by atoms with Gasteiger partial charge in [-0.15, -0.1) is 0 Å². The maximum absolute atomic E-state index is 5.57. The van der Waals surface area contributed by atoms with Crippen molar-refractivity contribution < 1.29 is 0 Å². The van der Waals surface area contributed by atoms with Crippen LogP contribution in [0.25, 0.3) is 5.69 Å². The van der Waals surface area contributed by atoms with Crippen molar-refractivity contribution in [3.8, 4) is 5.69 Å². The molecule has 0 amide bonds. The first-order valence-corrected chi connectivity index (χ1v) is 4.46. The van der Waals surface area contributed by atoms with Gasteiger partial charge in [-0.25, -0.2) is 9.97 Å². The molecule has 0 aliphatic rings. The highest BCUT2D eigenvalue weighted by molar-refractivity contribution is 9.10. The number of nitrogens with zero attached hydrogens (tertiary/aromatic N) is 3. The minimum Gasteiger partial charge on any atom is -0.384 e. The molecule has 2 rings (SSSR count). The Bertz CT molecular complexity index is 410. The second kappa shape index (κ2) is 3.18. The number of anilines is 1. The lowest BCUT2D eigenvalue weighted by Gasteiger charge is -2.04. The van der Waals surface area contributed by atoms with E-state index in [2.05, 4.69) is 25.9 Å². The fraction of sp³-hybridized carbons (Fsp3) is 0. The zero-order valence-electron chi connectivity index (χ0n) is 6.68. The molecule has 0 aliphatic carbocycles. The fourth-order valence-electron chi connectivity index (χ4n) is 1.04. The van der Waals surface area contributed by atoms with Gasteiger partial charge in [0.1, 0.15) is 5.82 Å². The summed E-state index contributed by atoms with van der Waals surface area (Å²) in [4.78, 5) is 7.90. The smallest absolute Gasteiger partial charge is 0.125 e. The Hall–Kier alpha value is -1.36. The van der Waals surface area contributed by atoms with Crippen LogP contribution in [0.1, 0.15) is 0 Å². The molecule has 0 spiro atoms. The van der Waals surface area contributed by atoms with Crippen molar-refractivity contribution in [2.75, 3.05) is 5.73 Å². The van der Waals surface area contributed by atoms with Gasteiger partial charge in [0.05, 0.1) is 16.5 Å². The molecule has 13 heavy (non-hydrogen) atoms. The molecule has 0 bridgehead atoms. The molecule has 2 aromatic heterocycles. The monoisotopic (exact) mass is 238 g/mol. The standard InChI is InChI=1S/C8H7BrN4/c9-6-4-12-8(10)3-7(6)13-2-1-11-5-13/h1-5H,(H2,10,12). The SMILES string of the molecule is Nc1cc(-n2ccnc2)c(Br)cn1. The first kappa shape index (κ1) is 8.25. The molecule has 4 nitrogen and oxygen atoms in total. The third-order valence-electron chi connectivity index (χ3n) is 1.64. The number of pyridine rings is 1. The summed E-state index contributed by atoms with van der Waals surface area (Å²) in [6.07, 6.45) is 6.94. The van der Waals surface area contributed by atoms with Crippen LogP contribution in [0, 0.1) is 0 Å². The van der Waals surface area contributed by atoms with E-state index < -0.39 is 0 Å². The van der Waals surface area contributed by atoms with Crippen molar-refractivity contribution in [1.29, 1.82) is 0 Å². The van der Waals surface area contributed by atoms with Gasteiger partial charge >= 0.3 is 0 Å². The third kappa shape index (κ3) is 1.55. The van der Waals surface area contributed by atoms with Crippen LogP contribution in [0.2, 0.25) is 0 Å². The topological polar surface area (TPSA) is 56.7 Å². The summed E-state index contributed by atoms with van der Waals surface area (Å²) in [5.74, 6) is 0.493. The van der Waals surface area contributed by atoms with E-state index in [0.29, 0.717) is 5.82 Å². The van der Waals surface area contributed by atoms with Crippen molar-refractivity contribution in [2.45, 2.75) is 0 Å². The summed E-state index contributed by atoms with van der Waals surface area (Å²) in [6.45, 7) is 0. The van der Waals surface area contributed by atoms with Gasteiger partial charge in [-0.1, -0.05) is 0 Å². The Labute approximate surface area is 83.6 Å². The first-order valence-electron chi connectivity index (χ1n) is 3.67. The highest BCUT2D eigenvalue weighted by atomic mass is 79.9. The van der Waals surface area contributed by atoms with Crippen LogP contribution in [0.5, 0.6) is 0 Å². The number of nitrogens with two attached hydrogens (primary N) is 1. The molecule has 2 heterocycles. The van der Waals surface area contributed by atoms with Gasteiger partial charge in [0, 0.05) is 24.7 Å².